The summed E-state index contributed by atoms with van der Waals surface area (Å²) in [5.74, 6) is 0.543. The molecule has 2 N–H and O–H groups in total. The number of rotatable bonds is 4. The normalized spacial score (nSPS) is 28.0. The van der Waals surface area contributed by atoms with E-state index >= 15 is 0 Å². The third-order valence-corrected chi connectivity index (χ3v) is 4.44. The first-order chi connectivity index (χ1) is 8.63. The third kappa shape index (κ3) is 3.29. The number of carbonyl (C=O) groups is 1. The lowest BCUT2D eigenvalue weighted by Crippen LogP contribution is -2.45. The number of thiazole rings is 1. The highest BCUT2D eigenvalue weighted by atomic mass is 32.1. The monoisotopic (exact) mass is 268 g/mol. The van der Waals surface area contributed by atoms with Crippen LogP contribution >= 0.6 is 11.3 Å². The Morgan fingerprint density at radius 1 is 1.61 bits per heavy atom. The van der Waals surface area contributed by atoms with Crippen LogP contribution in [0.25, 0.3) is 0 Å². The van der Waals surface area contributed by atoms with Gasteiger partial charge in [0.05, 0.1) is 11.1 Å². The van der Waals surface area contributed by atoms with Crippen molar-refractivity contribution in [2.45, 2.75) is 44.6 Å². The number of carbonyl (C=O) groups excluding carboxylic acids is 1. The lowest BCUT2D eigenvalue weighted by molar-refractivity contribution is -0.00789. The summed E-state index contributed by atoms with van der Waals surface area (Å²) in [6, 6.07) is 0. The van der Waals surface area contributed by atoms with Gasteiger partial charge in [-0.1, -0.05) is 13.3 Å². The van der Waals surface area contributed by atoms with Gasteiger partial charge in [0.1, 0.15) is 5.69 Å². The number of aromatic nitrogens is 1. The highest BCUT2D eigenvalue weighted by Crippen LogP contribution is 2.33. The molecule has 1 aromatic rings. The maximum atomic E-state index is 11.7. The van der Waals surface area contributed by atoms with Gasteiger partial charge < -0.3 is 10.4 Å². The molecule has 1 saturated carbocycles. The smallest absolute Gasteiger partial charge is 0.270 e. The topological polar surface area (TPSA) is 62.2 Å². The lowest BCUT2D eigenvalue weighted by Gasteiger charge is -2.35. The molecule has 18 heavy (non-hydrogen) atoms. The van der Waals surface area contributed by atoms with Gasteiger partial charge in [-0.05, 0) is 31.6 Å². The second kappa shape index (κ2) is 5.80. The van der Waals surface area contributed by atoms with Gasteiger partial charge in [0, 0.05) is 11.9 Å². The highest BCUT2D eigenvalue weighted by molar-refractivity contribution is 7.07. The molecule has 0 saturated heterocycles. The Morgan fingerprint density at radius 3 is 2.89 bits per heavy atom. The molecule has 1 amide bonds. The number of aliphatic hydroxyl groups is 1. The van der Waals surface area contributed by atoms with Crippen molar-refractivity contribution in [1.29, 1.82) is 0 Å². The fourth-order valence-corrected chi connectivity index (χ4v) is 2.99. The van der Waals surface area contributed by atoms with E-state index in [0.29, 0.717) is 12.2 Å². The molecule has 100 valence electrons. The molecule has 2 rings (SSSR count). The van der Waals surface area contributed by atoms with Gasteiger partial charge in [0.15, 0.2) is 0 Å². The minimum atomic E-state index is -0.725. The Balaban J connectivity index is 1.81. The maximum absolute atomic E-state index is 11.7. The first kappa shape index (κ1) is 13.5. The molecule has 0 atom stereocenters. The summed E-state index contributed by atoms with van der Waals surface area (Å²) in [6.07, 6.45) is 4.85. The van der Waals surface area contributed by atoms with Crippen LogP contribution < -0.4 is 5.32 Å². The molecule has 5 heteroatoms. The summed E-state index contributed by atoms with van der Waals surface area (Å²) in [6.45, 7) is 2.53. The van der Waals surface area contributed by atoms with Crippen LogP contribution in [0.3, 0.4) is 0 Å². The van der Waals surface area contributed by atoms with Crippen molar-refractivity contribution in [3.05, 3.63) is 16.6 Å². The predicted molar refractivity (Wildman–Crippen MR) is 71.6 cm³/mol. The van der Waals surface area contributed by atoms with Crippen LogP contribution in [0.2, 0.25) is 0 Å². The van der Waals surface area contributed by atoms with Crippen molar-refractivity contribution >= 4 is 17.2 Å². The summed E-state index contributed by atoms with van der Waals surface area (Å²) in [5.41, 5.74) is 1.35. The molecule has 1 aliphatic carbocycles. The second-order valence-electron chi connectivity index (χ2n) is 5.13. The zero-order valence-corrected chi connectivity index (χ0v) is 11.5. The molecule has 4 nitrogen and oxygen atoms in total. The van der Waals surface area contributed by atoms with E-state index in [9.17, 15) is 9.90 Å². The van der Waals surface area contributed by atoms with E-state index < -0.39 is 5.60 Å². The van der Waals surface area contributed by atoms with Gasteiger partial charge in [-0.2, -0.15) is 0 Å². The summed E-state index contributed by atoms with van der Waals surface area (Å²) in [7, 11) is 0. The third-order valence-electron chi connectivity index (χ3n) is 3.86. The van der Waals surface area contributed by atoms with Crippen LogP contribution in [0.4, 0.5) is 0 Å². The van der Waals surface area contributed by atoms with Gasteiger partial charge in [0.25, 0.3) is 5.91 Å². The quantitative estimate of drug-likeness (QED) is 0.880. The summed E-state index contributed by atoms with van der Waals surface area (Å²) < 4.78 is 0. The number of hydrogen-bond acceptors (Lipinski definition) is 4. The maximum Gasteiger partial charge on any atom is 0.270 e. The Kier molecular flexibility index (Phi) is 4.35. The molecule has 1 fully saturated rings. The van der Waals surface area contributed by atoms with Gasteiger partial charge in [-0.15, -0.1) is 11.3 Å². The first-order valence-corrected chi connectivity index (χ1v) is 7.46. The molecule has 1 aliphatic rings. The zero-order valence-electron chi connectivity index (χ0n) is 10.7. The molecule has 1 aromatic heterocycles. The molecule has 0 unspecified atom stereocenters. The Labute approximate surface area is 111 Å². The van der Waals surface area contributed by atoms with Crippen molar-refractivity contribution in [3.63, 3.8) is 0 Å². The molecule has 1 heterocycles. The largest absolute Gasteiger partial charge is 0.388 e. The van der Waals surface area contributed by atoms with Gasteiger partial charge >= 0.3 is 0 Å². The van der Waals surface area contributed by atoms with Gasteiger partial charge in [-0.3, -0.25) is 4.79 Å². The van der Waals surface area contributed by atoms with Gasteiger partial charge in [0.2, 0.25) is 0 Å². The van der Waals surface area contributed by atoms with E-state index in [0.717, 1.165) is 31.6 Å². The molecule has 0 aromatic carbocycles. The second-order valence-corrected chi connectivity index (χ2v) is 5.85. The fourth-order valence-electron chi connectivity index (χ4n) is 2.46. The number of hydrogen-bond donors (Lipinski definition) is 2. The van der Waals surface area contributed by atoms with E-state index in [-0.39, 0.29) is 5.91 Å². The molecular formula is C13H20N2O2S. The summed E-state index contributed by atoms with van der Waals surface area (Å²) in [4.78, 5) is 15.7. The molecular weight excluding hydrogens is 248 g/mol. The minimum absolute atomic E-state index is 0.192. The highest BCUT2D eigenvalue weighted by Gasteiger charge is 2.32. The zero-order chi connectivity index (χ0) is 13.0. The van der Waals surface area contributed by atoms with E-state index in [1.165, 1.54) is 17.8 Å². The van der Waals surface area contributed by atoms with Crippen molar-refractivity contribution in [2.24, 2.45) is 5.92 Å². The average molecular weight is 268 g/mol. The fraction of sp³-hybridized carbons (Fsp3) is 0.692. The number of nitrogens with one attached hydrogen (secondary N) is 1. The number of nitrogens with zero attached hydrogens (tertiary/aromatic N) is 1. The Bertz CT molecular complexity index is 384. The van der Waals surface area contributed by atoms with Crippen molar-refractivity contribution in [1.82, 2.24) is 10.3 Å². The van der Waals surface area contributed by atoms with E-state index in [1.54, 1.807) is 10.9 Å². The van der Waals surface area contributed by atoms with E-state index in [4.69, 9.17) is 0 Å². The van der Waals surface area contributed by atoms with Crippen LogP contribution in [0.5, 0.6) is 0 Å². The molecule has 0 spiro atoms. The van der Waals surface area contributed by atoms with E-state index in [1.807, 2.05) is 0 Å². The van der Waals surface area contributed by atoms with Gasteiger partial charge in [-0.25, -0.2) is 4.98 Å². The lowest BCUT2D eigenvalue weighted by atomic mass is 9.78. The standard InChI is InChI=1S/C13H20N2O2S/c1-2-10-3-5-13(17,6-4-10)8-14-12(16)11-7-18-9-15-11/h7,9-10,17H,2-6,8H2,1H3,(H,14,16). The summed E-state index contributed by atoms with van der Waals surface area (Å²) in [5, 5.41) is 14.9. The van der Waals surface area contributed by atoms with E-state index in [2.05, 4.69) is 17.2 Å². The van der Waals surface area contributed by atoms with Crippen LogP contribution in [-0.4, -0.2) is 28.1 Å². The van der Waals surface area contributed by atoms with Crippen LogP contribution in [0.1, 0.15) is 49.5 Å². The Morgan fingerprint density at radius 2 is 2.33 bits per heavy atom. The van der Waals surface area contributed by atoms with Crippen molar-refractivity contribution < 1.29 is 9.90 Å². The SMILES string of the molecule is CCC1CCC(O)(CNC(=O)c2cscn2)CC1. The van der Waals surface area contributed by atoms with Crippen LogP contribution in [0, 0.1) is 5.92 Å². The predicted octanol–water partition coefficient (Wildman–Crippen LogP) is 2.20. The Hall–Kier alpha value is -0.940. The molecule has 0 bridgehead atoms. The number of amides is 1. The molecule has 0 radical (unpaired) electrons. The minimum Gasteiger partial charge on any atom is -0.388 e. The van der Waals surface area contributed by atoms with Crippen molar-refractivity contribution in [3.8, 4) is 0 Å². The summed E-state index contributed by atoms with van der Waals surface area (Å²) >= 11 is 1.40. The first-order valence-electron chi connectivity index (χ1n) is 6.52. The molecule has 0 aliphatic heterocycles. The van der Waals surface area contributed by atoms with Crippen LogP contribution in [-0.2, 0) is 0 Å². The van der Waals surface area contributed by atoms with Crippen molar-refractivity contribution in [2.75, 3.05) is 6.54 Å². The average Bonchev–Trinajstić information content (AvgIpc) is 2.91. The van der Waals surface area contributed by atoms with Crippen LogP contribution in [0.15, 0.2) is 10.9 Å².